The fraction of sp³-hybridized carbons (Fsp3) is 0.929. The maximum atomic E-state index is 11.8. The van der Waals surface area contributed by atoms with Gasteiger partial charge in [-0.2, -0.15) is 5.26 Å². The van der Waals surface area contributed by atoms with Crippen LogP contribution in [0.5, 0.6) is 0 Å². The number of nitrogens with zero attached hydrogens (tertiary/aromatic N) is 1. The van der Waals surface area contributed by atoms with Gasteiger partial charge in [0.15, 0.2) is 9.84 Å². The highest BCUT2D eigenvalue weighted by atomic mass is 32.2. The van der Waals surface area contributed by atoms with Crippen molar-refractivity contribution in [1.82, 2.24) is 0 Å². The van der Waals surface area contributed by atoms with E-state index in [0.717, 1.165) is 12.8 Å². The summed E-state index contributed by atoms with van der Waals surface area (Å²) in [6.07, 6.45) is 2.45. The van der Waals surface area contributed by atoms with Gasteiger partial charge in [-0.25, -0.2) is 8.42 Å². The van der Waals surface area contributed by atoms with E-state index < -0.39 is 20.9 Å². The van der Waals surface area contributed by atoms with Crippen molar-refractivity contribution in [2.45, 2.75) is 52.1 Å². The van der Waals surface area contributed by atoms with Crippen molar-refractivity contribution in [3.8, 4) is 6.07 Å². The van der Waals surface area contributed by atoms with Crippen LogP contribution < -0.4 is 0 Å². The Morgan fingerprint density at radius 1 is 1.26 bits per heavy atom. The lowest BCUT2D eigenvalue weighted by atomic mass is 9.56. The lowest BCUT2D eigenvalue weighted by molar-refractivity contribution is -0.131. The number of hydrogen-bond acceptors (Lipinski definition) is 4. The molecule has 0 bridgehead atoms. The summed E-state index contributed by atoms with van der Waals surface area (Å²) in [5.41, 5.74) is -2.12. The van der Waals surface area contributed by atoms with E-state index in [1.54, 1.807) is 0 Å². The van der Waals surface area contributed by atoms with Crippen molar-refractivity contribution >= 4 is 9.84 Å². The van der Waals surface area contributed by atoms with Gasteiger partial charge in [0.05, 0.1) is 23.2 Å². The number of sulfone groups is 1. The van der Waals surface area contributed by atoms with Crippen LogP contribution in [0.15, 0.2) is 0 Å². The average molecular weight is 285 g/mol. The molecule has 1 saturated carbocycles. The minimum atomic E-state index is -3.19. The molecular weight excluding hydrogens is 262 g/mol. The molecule has 0 aromatic carbocycles. The van der Waals surface area contributed by atoms with E-state index >= 15 is 0 Å². The Kier molecular flexibility index (Phi) is 3.27. The highest BCUT2D eigenvalue weighted by Crippen LogP contribution is 2.54. The van der Waals surface area contributed by atoms with Crippen LogP contribution in [-0.2, 0) is 9.84 Å². The summed E-state index contributed by atoms with van der Waals surface area (Å²) in [6, 6.07) is 2.17. The Bertz CT molecular complexity index is 519. The molecule has 1 aliphatic heterocycles. The Labute approximate surface area is 115 Å². The molecule has 1 N–H and O–H groups in total. The van der Waals surface area contributed by atoms with Gasteiger partial charge in [0, 0.05) is 0 Å². The van der Waals surface area contributed by atoms with E-state index in [-0.39, 0.29) is 29.3 Å². The standard InChI is InChI=1S/C14H23NO3S/c1-11-8-12(2,3)4-5-14(11,16)13(9-15)6-7-19(17,18)10-13/h11,16H,4-8,10H2,1-3H3. The predicted molar refractivity (Wildman–Crippen MR) is 73.1 cm³/mol. The van der Waals surface area contributed by atoms with Crippen LogP contribution in [0.1, 0.15) is 46.5 Å². The SMILES string of the molecule is CC1CC(C)(C)CCC1(O)C1(C#N)CCS(=O)(=O)C1. The van der Waals surface area contributed by atoms with E-state index in [1.807, 2.05) is 6.92 Å². The fourth-order valence-electron chi connectivity index (χ4n) is 3.96. The molecule has 4 nitrogen and oxygen atoms in total. The molecule has 19 heavy (non-hydrogen) atoms. The third-order valence-corrected chi connectivity index (χ3v) is 6.96. The van der Waals surface area contributed by atoms with Gasteiger partial charge in [-0.1, -0.05) is 20.8 Å². The second kappa shape index (κ2) is 4.20. The molecule has 0 radical (unpaired) electrons. The zero-order valence-electron chi connectivity index (χ0n) is 11.9. The Balaban J connectivity index is 2.37. The summed E-state index contributed by atoms with van der Waals surface area (Å²) >= 11 is 0. The van der Waals surface area contributed by atoms with Gasteiger partial charge in [-0.05, 0) is 37.0 Å². The van der Waals surface area contributed by atoms with Crippen molar-refractivity contribution in [2.75, 3.05) is 11.5 Å². The number of hydrogen-bond donors (Lipinski definition) is 1. The van der Waals surface area contributed by atoms with Crippen molar-refractivity contribution < 1.29 is 13.5 Å². The van der Waals surface area contributed by atoms with Crippen LogP contribution in [0.3, 0.4) is 0 Å². The molecular formula is C14H23NO3S. The lowest BCUT2D eigenvalue weighted by Gasteiger charge is -2.51. The first-order valence-electron chi connectivity index (χ1n) is 6.90. The topological polar surface area (TPSA) is 78.2 Å². The molecule has 1 heterocycles. The van der Waals surface area contributed by atoms with Crippen molar-refractivity contribution in [1.29, 1.82) is 5.26 Å². The second-order valence-corrected chi connectivity index (χ2v) is 9.41. The molecule has 3 unspecified atom stereocenters. The number of aliphatic hydroxyl groups is 1. The Hall–Kier alpha value is -0.600. The van der Waals surface area contributed by atoms with Crippen LogP contribution in [0.25, 0.3) is 0 Å². The van der Waals surface area contributed by atoms with E-state index in [9.17, 15) is 18.8 Å². The molecule has 0 amide bonds. The van der Waals surface area contributed by atoms with E-state index in [0.29, 0.717) is 6.42 Å². The van der Waals surface area contributed by atoms with Crippen molar-refractivity contribution in [3.05, 3.63) is 0 Å². The van der Waals surface area contributed by atoms with Gasteiger partial charge in [-0.3, -0.25) is 0 Å². The Morgan fingerprint density at radius 2 is 1.89 bits per heavy atom. The monoisotopic (exact) mass is 285 g/mol. The first kappa shape index (κ1) is 14.8. The second-order valence-electron chi connectivity index (χ2n) is 7.23. The highest BCUT2D eigenvalue weighted by molar-refractivity contribution is 7.91. The molecule has 0 spiro atoms. The van der Waals surface area contributed by atoms with Crippen LogP contribution >= 0.6 is 0 Å². The highest BCUT2D eigenvalue weighted by Gasteiger charge is 2.60. The zero-order valence-corrected chi connectivity index (χ0v) is 12.8. The summed E-state index contributed by atoms with van der Waals surface area (Å²) in [6.45, 7) is 6.27. The molecule has 2 rings (SSSR count). The summed E-state index contributed by atoms with van der Waals surface area (Å²) in [5, 5.41) is 20.6. The molecule has 2 aliphatic rings. The molecule has 0 aromatic heterocycles. The largest absolute Gasteiger partial charge is 0.388 e. The Morgan fingerprint density at radius 3 is 2.32 bits per heavy atom. The van der Waals surface area contributed by atoms with Gasteiger partial charge < -0.3 is 5.11 Å². The normalized spacial score (nSPS) is 44.7. The maximum absolute atomic E-state index is 11.8. The zero-order chi connectivity index (χ0) is 14.5. The van der Waals surface area contributed by atoms with Crippen LogP contribution in [0, 0.1) is 28.1 Å². The smallest absolute Gasteiger partial charge is 0.152 e. The minimum Gasteiger partial charge on any atom is -0.388 e. The summed E-state index contributed by atoms with van der Waals surface area (Å²) in [7, 11) is -3.19. The minimum absolute atomic E-state index is 0.0268. The summed E-state index contributed by atoms with van der Waals surface area (Å²) in [5.74, 6) is -0.208. The molecule has 5 heteroatoms. The summed E-state index contributed by atoms with van der Waals surface area (Å²) < 4.78 is 23.5. The average Bonchev–Trinajstić information content (AvgIpc) is 2.61. The number of rotatable bonds is 1. The van der Waals surface area contributed by atoms with Crippen molar-refractivity contribution in [2.24, 2.45) is 16.7 Å². The van der Waals surface area contributed by atoms with E-state index in [1.165, 1.54) is 0 Å². The van der Waals surface area contributed by atoms with Gasteiger partial charge in [-0.15, -0.1) is 0 Å². The molecule has 1 saturated heterocycles. The number of nitriles is 1. The van der Waals surface area contributed by atoms with Crippen molar-refractivity contribution in [3.63, 3.8) is 0 Å². The van der Waals surface area contributed by atoms with Gasteiger partial charge in [0.1, 0.15) is 5.41 Å². The fourth-order valence-corrected chi connectivity index (χ4v) is 5.98. The van der Waals surface area contributed by atoms with Gasteiger partial charge in [0.2, 0.25) is 0 Å². The third-order valence-electron chi connectivity index (χ3n) is 5.21. The lowest BCUT2D eigenvalue weighted by Crippen LogP contribution is -2.56. The molecule has 3 atom stereocenters. The van der Waals surface area contributed by atoms with Crippen LogP contribution in [0.2, 0.25) is 0 Å². The molecule has 108 valence electrons. The third kappa shape index (κ3) is 2.30. The first-order chi connectivity index (χ1) is 8.56. The van der Waals surface area contributed by atoms with E-state index in [4.69, 9.17) is 0 Å². The molecule has 1 aliphatic carbocycles. The van der Waals surface area contributed by atoms with Crippen LogP contribution in [0.4, 0.5) is 0 Å². The summed E-state index contributed by atoms with van der Waals surface area (Å²) in [4.78, 5) is 0. The van der Waals surface area contributed by atoms with Crippen LogP contribution in [-0.4, -0.2) is 30.6 Å². The first-order valence-corrected chi connectivity index (χ1v) is 8.72. The van der Waals surface area contributed by atoms with Gasteiger partial charge in [0.25, 0.3) is 0 Å². The van der Waals surface area contributed by atoms with Gasteiger partial charge >= 0.3 is 0 Å². The van der Waals surface area contributed by atoms with E-state index in [2.05, 4.69) is 19.9 Å². The molecule has 0 aromatic rings. The quantitative estimate of drug-likeness (QED) is 0.798. The predicted octanol–water partition coefficient (Wildman–Crippen LogP) is 1.89. The molecule has 2 fully saturated rings. The maximum Gasteiger partial charge on any atom is 0.152 e.